The second-order valence-corrected chi connectivity index (χ2v) is 36.9. The van der Waals surface area contributed by atoms with Gasteiger partial charge in [0.1, 0.15) is 22.8 Å². The molecule has 2 aliphatic carbocycles. The first-order valence-electron chi connectivity index (χ1n) is 47.6. The summed E-state index contributed by atoms with van der Waals surface area (Å²) in [4.78, 5) is 40.2. The maximum atomic E-state index is 11.4. The van der Waals surface area contributed by atoms with E-state index in [1.165, 1.54) is 33.4 Å². The van der Waals surface area contributed by atoms with E-state index in [2.05, 4.69) is 185 Å². The van der Waals surface area contributed by atoms with Crippen molar-refractivity contribution in [1.29, 1.82) is 0 Å². The number of benzene rings is 14. The highest BCUT2D eigenvalue weighted by molar-refractivity contribution is 6.06. The van der Waals surface area contributed by atoms with Crippen LogP contribution in [0.2, 0.25) is 0 Å². The Morgan fingerprint density at radius 2 is 0.482 bits per heavy atom. The summed E-state index contributed by atoms with van der Waals surface area (Å²) in [5, 5.41) is 87.9. The van der Waals surface area contributed by atoms with Crippen molar-refractivity contribution >= 4 is 66.2 Å². The van der Waals surface area contributed by atoms with Crippen LogP contribution in [-0.4, -0.2) is 98.3 Å². The van der Waals surface area contributed by atoms with Crippen LogP contribution in [0.1, 0.15) is 165 Å². The standard InChI is InChI=1S/2C30H27N3O2.2C30H25N3O2.CH4/c4*1-19-7-9-21(10-8-19)17-26-30(35)33-27-14-12-23-15-22(18-34)11-13-24(23)28(27)31-25(29(33)32-26)16-20-5-3-2-4-6-20;/h2*2-11,13,15,34-35H,12,14,16-18H2,1H3;2*2-15,34-35H,16-18H2,1H3;1H4. The molecule has 0 radical (unpaired) electrons. The van der Waals surface area contributed by atoms with E-state index in [1.54, 1.807) is 0 Å². The van der Waals surface area contributed by atoms with E-state index < -0.39 is 0 Å². The number of aliphatic hydroxyl groups is 4. The minimum atomic E-state index is -0.00955. The Morgan fingerprint density at radius 3 is 0.780 bits per heavy atom. The number of aliphatic hydroxyl groups excluding tert-OH is 4. The van der Waals surface area contributed by atoms with E-state index in [9.17, 15) is 40.9 Å². The Hall–Kier alpha value is -16.4. The van der Waals surface area contributed by atoms with Gasteiger partial charge in [-0.1, -0.05) is 321 Å². The number of aromatic hydroxyl groups is 4. The number of fused-ring (bicyclic) bond motifs is 20. The third-order valence-electron chi connectivity index (χ3n) is 27.0. The average molecular weight is 1860 g/mol. The van der Waals surface area contributed by atoms with Gasteiger partial charge < -0.3 is 40.9 Å². The van der Waals surface area contributed by atoms with E-state index in [0.29, 0.717) is 85.4 Å². The summed E-state index contributed by atoms with van der Waals surface area (Å²) in [7, 11) is 0. The molecule has 700 valence electrons. The van der Waals surface area contributed by atoms with Crippen LogP contribution in [0.4, 0.5) is 0 Å². The number of rotatable bonds is 20. The fraction of sp³-hybridized carbons (Fsp3) is 0.174. The third kappa shape index (κ3) is 18.8. The molecule has 0 saturated carbocycles. The highest BCUT2D eigenvalue weighted by Gasteiger charge is 2.31. The monoisotopic (exact) mass is 1860 g/mol. The van der Waals surface area contributed by atoms with Crippen LogP contribution in [0.25, 0.3) is 88.7 Å². The molecule has 22 aromatic rings. The van der Waals surface area contributed by atoms with Crippen molar-refractivity contribution in [3.63, 3.8) is 0 Å². The van der Waals surface area contributed by atoms with Gasteiger partial charge in [0.25, 0.3) is 0 Å². The molecule has 8 aromatic heterocycles. The molecule has 24 rings (SSSR count). The smallest absolute Gasteiger partial charge is 0.220 e. The molecule has 0 saturated heterocycles. The second-order valence-electron chi connectivity index (χ2n) is 36.9. The fourth-order valence-electron chi connectivity index (χ4n) is 19.6. The molecule has 0 aliphatic heterocycles. The molecular formula is C121H108N12O8. The van der Waals surface area contributed by atoms with Gasteiger partial charge in [-0.05, 0) is 166 Å². The average Bonchev–Trinajstić information content (AvgIpc) is 1.69. The zero-order valence-electron chi connectivity index (χ0n) is 78.3. The zero-order chi connectivity index (χ0) is 95.8. The Balaban J connectivity index is 0.000000115. The molecule has 2 aliphatic rings. The summed E-state index contributed by atoms with van der Waals surface area (Å²) >= 11 is 0. The van der Waals surface area contributed by atoms with Crippen molar-refractivity contribution < 1.29 is 40.9 Å². The molecule has 14 aromatic carbocycles. The minimum Gasteiger partial charge on any atom is -0.493 e. The first-order valence-corrected chi connectivity index (χ1v) is 47.6. The highest BCUT2D eigenvalue weighted by atomic mass is 16.3. The second kappa shape index (κ2) is 40.0. The van der Waals surface area contributed by atoms with E-state index in [0.717, 1.165) is 204 Å². The van der Waals surface area contributed by atoms with E-state index >= 15 is 0 Å². The van der Waals surface area contributed by atoms with E-state index in [1.807, 2.05) is 175 Å². The lowest BCUT2D eigenvalue weighted by atomic mass is 9.90. The predicted octanol–water partition coefficient (Wildman–Crippen LogP) is 22.4. The first kappa shape index (κ1) is 92.3. The maximum Gasteiger partial charge on any atom is 0.220 e. The molecule has 0 bridgehead atoms. The zero-order valence-corrected chi connectivity index (χ0v) is 78.3. The van der Waals surface area contributed by atoms with E-state index in [-0.39, 0.29) is 57.4 Å². The van der Waals surface area contributed by atoms with Gasteiger partial charge in [-0.15, -0.1) is 0 Å². The first-order chi connectivity index (χ1) is 68.4. The summed E-state index contributed by atoms with van der Waals surface area (Å²) in [5.41, 5.74) is 37.5. The number of aromatic nitrogens is 12. The van der Waals surface area contributed by atoms with Crippen molar-refractivity contribution in [2.45, 2.75) is 139 Å². The highest BCUT2D eigenvalue weighted by Crippen LogP contribution is 2.43. The minimum absolute atomic E-state index is 0. The summed E-state index contributed by atoms with van der Waals surface area (Å²) in [6.07, 6.45) is 7.81. The van der Waals surface area contributed by atoms with Gasteiger partial charge >= 0.3 is 0 Å². The van der Waals surface area contributed by atoms with Gasteiger partial charge in [-0.2, -0.15) is 0 Å². The fourth-order valence-corrected chi connectivity index (χ4v) is 19.6. The predicted molar refractivity (Wildman–Crippen MR) is 558 cm³/mol. The molecule has 0 spiro atoms. The van der Waals surface area contributed by atoms with Gasteiger partial charge in [-0.3, -0.25) is 17.6 Å². The summed E-state index contributed by atoms with van der Waals surface area (Å²) in [6.45, 7) is 8.30. The summed E-state index contributed by atoms with van der Waals surface area (Å²) in [6, 6.07) is 106. The Labute approximate surface area is 816 Å². The Bertz CT molecular complexity index is 7930. The SMILES string of the molecule is C.Cc1ccc(Cc2nc3c(Cc4ccccc4)nc4c(n3c2O)CCc2cc(CO)ccc2-4)cc1.Cc1ccc(Cc2nc3c(Cc4ccccc4)nc4c(n3c2O)CCc2cc(CO)ccc2-4)cc1.Cc1ccc(Cc2nc3c(Cc4ccccc4)nc4c5ccc(CO)cc5ccc4n3c2O)cc1.Cc1ccc(Cc2nc3c(Cc4ccccc4)nc4c5ccc(CO)cc5ccc4n3c2O)cc1. The van der Waals surface area contributed by atoms with Crippen LogP contribution >= 0.6 is 0 Å². The Morgan fingerprint density at radius 1 is 0.234 bits per heavy atom. The van der Waals surface area contributed by atoms with Crippen LogP contribution in [0.15, 0.2) is 315 Å². The molecule has 141 heavy (non-hydrogen) atoms. The lowest BCUT2D eigenvalue weighted by Crippen LogP contribution is -2.14. The summed E-state index contributed by atoms with van der Waals surface area (Å²) < 4.78 is 7.52. The maximum absolute atomic E-state index is 11.4. The molecule has 20 nitrogen and oxygen atoms in total. The molecule has 0 atom stereocenters. The van der Waals surface area contributed by atoms with Gasteiger partial charge in [0.05, 0.1) is 94.0 Å². The van der Waals surface area contributed by atoms with E-state index in [4.69, 9.17) is 39.9 Å². The topological polar surface area (TPSA) is 283 Å². The van der Waals surface area contributed by atoms with Crippen molar-refractivity contribution in [1.82, 2.24) is 57.5 Å². The largest absolute Gasteiger partial charge is 0.493 e. The molecule has 0 fully saturated rings. The van der Waals surface area contributed by atoms with Crippen LogP contribution in [0, 0.1) is 27.7 Å². The van der Waals surface area contributed by atoms with Crippen LogP contribution < -0.4 is 0 Å². The van der Waals surface area contributed by atoms with Gasteiger partial charge in [-0.25, -0.2) is 39.9 Å². The molecule has 0 amide bonds. The number of hydrogen-bond donors (Lipinski definition) is 8. The van der Waals surface area contributed by atoms with Gasteiger partial charge in [0.2, 0.25) is 23.5 Å². The molecule has 20 heteroatoms. The third-order valence-corrected chi connectivity index (χ3v) is 27.0. The van der Waals surface area contributed by atoms with Crippen LogP contribution in [0.5, 0.6) is 23.5 Å². The molecule has 0 unspecified atom stereocenters. The van der Waals surface area contributed by atoms with Crippen LogP contribution in [0.3, 0.4) is 0 Å². The van der Waals surface area contributed by atoms with Crippen molar-refractivity contribution in [2.75, 3.05) is 0 Å². The van der Waals surface area contributed by atoms with Crippen molar-refractivity contribution in [3.05, 3.63) is 473 Å². The lowest BCUT2D eigenvalue weighted by molar-refractivity contribution is 0.281. The quantitative estimate of drug-likeness (QED) is 0.0329. The lowest BCUT2D eigenvalue weighted by Gasteiger charge is -2.22. The Kier molecular flexibility index (Phi) is 26.2. The molecule has 8 N–H and O–H groups in total. The van der Waals surface area contributed by atoms with Crippen molar-refractivity contribution in [3.8, 4) is 46.0 Å². The van der Waals surface area contributed by atoms with Crippen molar-refractivity contribution in [2.24, 2.45) is 0 Å². The number of imidazole rings is 4. The van der Waals surface area contributed by atoms with Gasteiger partial charge in [0, 0.05) is 73.3 Å². The van der Waals surface area contributed by atoms with Crippen LogP contribution in [-0.2, 0) is 103 Å². The number of hydrogen-bond acceptors (Lipinski definition) is 16. The summed E-state index contributed by atoms with van der Waals surface area (Å²) in [5.74, 6) is 0.690. The normalized spacial score (nSPS) is 12.0. The van der Waals surface area contributed by atoms with Gasteiger partial charge in [0.15, 0.2) is 22.6 Å². The number of nitrogens with zero attached hydrogens (tertiary/aromatic N) is 12. The molecule has 8 heterocycles. The molecular weight excluding hydrogens is 1750 g/mol. The number of aryl methyl sites for hydroxylation is 8.